The molecular formula is C14H18ClNO5S. The molecule has 0 spiro atoms. The second kappa shape index (κ2) is 6.54. The van der Waals surface area contributed by atoms with Crippen molar-refractivity contribution in [2.75, 3.05) is 7.05 Å². The molecule has 0 bridgehead atoms. The Kier molecular flexibility index (Phi) is 5.11. The Labute approximate surface area is 134 Å². The zero-order valence-electron chi connectivity index (χ0n) is 12.1. The number of hydrogen-bond acceptors (Lipinski definition) is 4. The van der Waals surface area contributed by atoms with Gasteiger partial charge >= 0.3 is 5.97 Å². The molecule has 0 radical (unpaired) electrons. The van der Waals surface area contributed by atoms with E-state index in [1.54, 1.807) is 0 Å². The van der Waals surface area contributed by atoms with Crippen molar-refractivity contribution in [2.45, 2.75) is 42.7 Å². The van der Waals surface area contributed by atoms with Gasteiger partial charge in [-0.2, -0.15) is 4.31 Å². The highest BCUT2D eigenvalue weighted by Crippen LogP contribution is 2.30. The fourth-order valence-corrected chi connectivity index (χ4v) is 4.55. The van der Waals surface area contributed by atoms with Gasteiger partial charge in [0.1, 0.15) is 4.90 Å². The predicted molar refractivity (Wildman–Crippen MR) is 81.6 cm³/mol. The van der Waals surface area contributed by atoms with Gasteiger partial charge < -0.3 is 10.2 Å². The average molecular weight is 348 g/mol. The first-order valence-electron chi connectivity index (χ1n) is 6.92. The van der Waals surface area contributed by atoms with Crippen LogP contribution in [0.1, 0.15) is 36.0 Å². The highest BCUT2D eigenvalue weighted by molar-refractivity contribution is 7.89. The van der Waals surface area contributed by atoms with Crippen molar-refractivity contribution in [2.24, 2.45) is 0 Å². The van der Waals surface area contributed by atoms with Crippen LogP contribution in [0.2, 0.25) is 5.02 Å². The molecule has 0 atom stereocenters. The maximum absolute atomic E-state index is 12.6. The van der Waals surface area contributed by atoms with E-state index in [1.165, 1.54) is 23.5 Å². The predicted octanol–water partition coefficient (Wildman–Crippen LogP) is 1.96. The summed E-state index contributed by atoms with van der Waals surface area (Å²) >= 11 is 5.95. The largest absolute Gasteiger partial charge is 0.478 e. The molecule has 1 aliphatic rings. The van der Waals surface area contributed by atoms with Gasteiger partial charge in [-0.15, -0.1) is 0 Å². The number of aliphatic hydroxyl groups excluding tert-OH is 1. The summed E-state index contributed by atoms with van der Waals surface area (Å²) in [6.07, 6.45) is 1.93. The van der Waals surface area contributed by atoms with E-state index in [-0.39, 0.29) is 27.6 Å². The first kappa shape index (κ1) is 17.2. The van der Waals surface area contributed by atoms with E-state index in [0.717, 1.165) is 6.07 Å². The van der Waals surface area contributed by atoms with Crippen molar-refractivity contribution in [3.05, 3.63) is 28.8 Å². The Morgan fingerprint density at radius 2 is 1.86 bits per heavy atom. The highest BCUT2D eigenvalue weighted by Gasteiger charge is 2.32. The maximum Gasteiger partial charge on any atom is 0.335 e. The summed E-state index contributed by atoms with van der Waals surface area (Å²) in [6.45, 7) is 0. The Morgan fingerprint density at radius 1 is 1.27 bits per heavy atom. The SMILES string of the molecule is CN(C1CCC(O)CC1)S(=O)(=O)c1ccc(C(=O)O)cc1Cl. The van der Waals surface area contributed by atoms with Gasteiger partial charge in [0, 0.05) is 13.1 Å². The van der Waals surface area contributed by atoms with E-state index in [9.17, 15) is 18.3 Å². The molecule has 1 saturated carbocycles. The lowest BCUT2D eigenvalue weighted by Gasteiger charge is -2.32. The number of nitrogens with zero attached hydrogens (tertiary/aromatic N) is 1. The van der Waals surface area contributed by atoms with Gasteiger partial charge in [0.05, 0.1) is 16.7 Å². The Morgan fingerprint density at radius 3 is 2.36 bits per heavy atom. The van der Waals surface area contributed by atoms with Gasteiger partial charge in [0.25, 0.3) is 0 Å². The third-order valence-corrected chi connectivity index (χ3v) is 6.41. The molecule has 0 heterocycles. The first-order chi connectivity index (χ1) is 10.2. The number of sulfonamides is 1. The quantitative estimate of drug-likeness (QED) is 0.868. The number of carbonyl (C=O) groups is 1. The van der Waals surface area contributed by atoms with Gasteiger partial charge in [-0.25, -0.2) is 13.2 Å². The number of carboxylic acid groups (broad SMARTS) is 1. The van der Waals surface area contributed by atoms with Crippen LogP contribution in [0.25, 0.3) is 0 Å². The molecule has 1 aromatic rings. The molecule has 0 unspecified atom stereocenters. The lowest BCUT2D eigenvalue weighted by molar-refractivity contribution is 0.0696. The standard InChI is InChI=1S/C14H18ClNO5S/c1-16(10-3-5-11(17)6-4-10)22(20,21)13-7-2-9(14(18)19)8-12(13)15/h2,7-8,10-11,17H,3-6H2,1H3,(H,18,19). The number of benzene rings is 1. The molecule has 8 heteroatoms. The molecule has 22 heavy (non-hydrogen) atoms. The third kappa shape index (κ3) is 3.43. The average Bonchev–Trinajstić information content (AvgIpc) is 2.46. The summed E-state index contributed by atoms with van der Waals surface area (Å²) in [5.41, 5.74) is -0.0626. The van der Waals surface area contributed by atoms with E-state index in [4.69, 9.17) is 16.7 Å². The fraction of sp³-hybridized carbons (Fsp3) is 0.500. The summed E-state index contributed by atoms with van der Waals surface area (Å²) in [6, 6.07) is 3.38. The van der Waals surface area contributed by atoms with E-state index >= 15 is 0 Å². The topological polar surface area (TPSA) is 94.9 Å². The molecule has 2 rings (SSSR count). The van der Waals surface area contributed by atoms with Crippen molar-refractivity contribution in [1.82, 2.24) is 4.31 Å². The second-order valence-electron chi connectivity index (χ2n) is 5.43. The normalized spacial score (nSPS) is 22.7. The van der Waals surface area contributed by atoms with Crippen LogP contribution in [0, 0.1) is 0 Å². The monoisotopic (exact) mass is 347 g/mol. The number of hydrogen-bond donors (Lipinski definition) is 2. The molecular weight excluding hydrogens is 330 g/mol. The van der Waals surface area contributed by atoms with Crippen molar-refractivity contribution < 1.29 is 23.4 Å². The summed E-state index contributed by atoms with van der Waals surface area (Å²) in [7, 11) is -2.32. The minimum atomic E-state index is -3.80. The lowest BCUT2D eigenvalue weighted by atomic mass is 9.93. The van der Waals surface area contributed by atoms with Crippen molar-refractivity contribution in [1.29, 1.82) is 0 Å². The van der Waals surface area contributed by atoms with Crippen LogP contribution in [0.15, 0.2) is 23.1 Å². The van der Waals surface area contributed by atoms with Gasteiger partial charge in [0.15, 0.2) is 0 Å². The van der Waals surface area contributed by atoms with Crippen LogP contribution in [-0.4, -0.2) is 48.1 Å². The third-order valence-electron chi connectivity index (χ3n) is 4.02. The molecule has 0 saturated heterocycles. The molecule has 0 amide bonds. The summed E-state index contributed by atoms with van der Waals surface area (Å²) in [4.78, 5) is 10.8. The molecule has 122 valence electrons. The minimum absolute atomic E-state index is 0.0626. The van der Waals surface area contributed by atoms with Crippen LogP contribution < -0.4 is 0 Å². The summed E-state index contributed by atoms with van der Waals surface area (Å²) in [5, 5.41) is 18.3. The van der Waals surface area contributed by atoms with Gasteiger partial charge in [-0.05, 0) is 43.9 Å². The van der Waals surface area contributed by atoms with Gasteiger partial charge in [0.2, 0.25) is 10.0 Å². The number of rotatable bonds is 4. The Balaban J connectivity index is 2.28. The molecule has 1 fully saturated rings. The second-order valence-corrected chi connectivity index (χ2v) is 7.81. The lowest BCUT2D eigenvalue weighted by Crippen LogP contribution is -2.40. The van der Waals surface area contributed by atoms with Crippen LogP contribution in [0.3, 0.4) is 0 Å². The number of halogens is 1. The van der Waals surface area contributed by atoms with Crippen molar-refractivity contribution >= 4 is 27.6 Å². The fourth-order valence-electron chi connectivity index (χ4n) is 2.62. The van der Waals surface area contributed by atoms with Crippen molar-refractivity contribution in [3.63, 3.8) is 0 Å². The molecule has 1 aromatic carbocycles. The number of aromatic carboxylic acids is 1. The van der Waals surface area contributed by atoms with E-state index < -0.39 is 16.0 Å². The van der Waals surface area contributed by atoms with Gasteiger partial charge in [-0.1, -0.05) is 11.6 Å². The highest BCUT2D eigenvalue weighted by atomic mass is 35.5. The molecule has 6 nitrogen and oxygen atoms in total. The maximum atomic E-state index is 12.6. The van der Waals surface area contributed by atoms with E-state index in [0.29, 0.717) is 25.7 Å². The van der Waals surface area contributed by atoms with E-state index in [2.05, 4.69) is 0 Å². The minimum Gasteiger partial charge on any atom is -0.478 e. The zero-order chi connectivity index (χ0) is 16.5. The molecule has 0 aliphatic heterocycles. The molecule has 0 aromatic heterocycles. The Bertz CT molecular complexity index is 668. The smallest absolute Gasteiger partial charge is 0.335 e. The summed E-state index contributed by atoms with van der Waals surface area (Å²) < 4.78 is 26.6. The van der Waals surface area contributed by atoms with Gasteiger partial charge in [-0.3, -0.25) is 0 Å². The van der Waals surface area contributed by atoms with Crippen LogP contribution in [0.5, 0.6) is 0 Å². The van der Waals surface area contributed by atoms with Crippen LogP contribution in [0.4, 0.5) is 0 Å². The molecule has 1 aliphatic carbocycles. The molecule has 2 N–H and O–H groups in total. The number of carboxylic acids is 1. The first-order valence-corrected chi connectivity index (χ1v) is 8.74. The van der Waals surface area contributed by atoms with Crippen LogP contribution >= 0.6 is 11.6 Å². The Hall–Kier alpha value is -1.15. The van der Waals surface area contributed by atoms with Crippen molar-refractivity contribution in [3.8, 4) is 0 Å². The zero-order valence-corrected chi connectivity index (χ0v) is 13.6. The summed E-state index contributed by atoms with van der Waals surface area (Å²) in [5.74, 6) is -1.17. The van der Waals surface area contributed by atoms with Crippen LogP contribution in [-0.2, 0) is 10.0 Å². The number of aliphatic hydroxyl groups is 1. The van der Waals surface area contributed by atoms with E-state index in [1.807, 2.05) is 0 Å².